The molecule has 1 amide bonds. The van der Waals surface area contributed by atoms with Crippen LogP contribution in [-0.4, -0.2) is 10.9 Å². The minimum atomic E-state index is -0.612. The van der Waals surface area contributed by atoms with E-state index < -0.39 is 11.7 Å². The highest BCUT2D eigenvalue weighted by Crippen LogP contribution is 2.31. The Labute approximate surface area is 150 Å². The summed E-state index contributed by atoms with van der Waals surface area (Å²) in [5.41, 5.74) is 0.903. The van der Waals surface area contributed by atoms with Crippen molar-refractivity contribution in [3.63, 3.8) is 0 Å². The predicted octanol–water partition coefficient (Wildman–Crippen LogP) is 5.60. The molecule has 4 aromatic rings. The van der Waals surface area contributed by atoms with Gasteiger partial charge in [-0.2, -0.15) is 0 Å². The Morgan fingerprint density at radius 3 is 2.80 bits per heavy atom. The summed E-state index contributed by atoms with van der Waals surface area (Å²) in [4.78, 5) is 16.7. The van der Waals surface area contributed by atoms with Gasteiger partial charge in [0.05, 0.1) is 15.9 Å². The van der Waals surface area contributed by atoms with Gasteiger partial charge in [0.15, 0.2) is 16.5 Å². The largest absolute Gasteiger partial charge is 0.448 e. The topological polar surface area (TPSA) is 55.1 Å². The van der Waals surface area contributed by atoms with E-state index in [4.69, 9.17) is 16.0 Å². The molecular formula is C18H10ClFN2O2S. The van der Waals surface area contributed by atoms with Gasteiger partial charge in [-0.3, -0.25) is 4.79 Å². The summed E-state index contributed by atoms with van der Waals surface area (Å²) >= 11 is 7.17. The number of halogens is 2. The molecule has 0 saturated carbocycles. The highest BCUT2D eigenvalue weighted by Gasteiger charge is 2.16. The van der Waals surface area contributed by atoms with Crippen molar-refractivity contribution in [2.45, 2.75) is 0 Å². The molecule has 124 valence electrons. The van der Waals surface area contributed by atoms with Gasteiger partial charge in [0.2, 0.25) is 0 Å². The smallest absolute Gasteiger partial charge is 0.291 e. The number of aromatic nitrogens is 1. The van der Waals surface area contributed by atoms with Crippen molar-refractivity contribution in [2.75, 3.05) is 5.32 Å². The number of nitrogens with one attached hydrogen (secondary N) is 1. The highest BCUT2D eigenvalue weighted by molar-refractivity contribution is 7.21. The standard InChI is InChI=1S/C18H10ClFN2O2S/c19-10-5-6-12(11(20)9-10)21-17(23)14-7-8-15(24-14)18-22-13-3-1-2-4-16(13)25-18/h1-9H,(H,21,23). The molecule has 0 saturated heterocycles. The molecule has 0 fully saturated rings. The zero-order valence-electron chi connectivity index (χ0n) is 12.6. The van der Waals surface area contributed by atoms with Crippen molar-refractivity contribution < 1.29 is 13.6 Å². The van der Waals surface area contributed by atoms with Gasteiger partial charge in [-0.15, -0.1) is 11.3 Å². The van der Waals surface area contributed by atoms with Crippen LogP contribution in [0.5, 0.6) is 0 Å². The predicted molar refractivity (Wildman–Crippen MR) is 96.7 cm³/mol. The van der Waals surface area contributed by atoms with Crippen LogP contribution >= 0.6 is 22.9 Å². The number of para-hydroxylation sites is 1. The molecule has 0 unspecified atom stereocenters. The summed E-state index contributed by atoms with van der Waals surface area (Å²) in [6.07, 6.45) is 0. The number of fused-ring (bicyclic) bond motifs is 1. The second-order valence-corrected chi connectivity index (χ2v) is 6.70. The van der Waals surface area contributed by atoms with Crippen molar-refractivity contribution in [3.05, 3.63) is 71.2 Å². The van der Waals surface area contributed by atoms with E-state index in [-0.39, 0.29) is 16.5 Å². The molecule has 25 heavy (non-hydrogen) atoms. The molecule has 0 aliphatic carbocycles. The maximum atomic E-state index is 13.8. The quantitative estimate of drug-likeness (QED) is 0.509. The van der Waals surface area contributed by atoms with Crippen LogP contribution in [-0.2, 0) is 0 Å². The third-order valence-electron chi connectivity index (χ3n) is 3.51. The number of amides is 1. The first-order chi connectivity index (χ1) is 12.1. The fourth-order valence-corrected chi connectivity index (χ4v) is 3.41. The number of hydrogen-bond acceptors (Lipinski definition) is 4. The average Bonchev–Trinajstić information content (AvgIpc) is 3.23. The maximum Gasteiger partial charge on any atom is 0.291 e. The Bertz CT molecular complexity index is 1060. The maximum absolute atomic E-state index is 13.8. The molecule has 1 N–H and O–H groups in total. The molecule has 4 rings (SSSR count). The van der Waals surface area contributed by atoms with Crippen LogP contribution in [0.3, 0.4) is 0 Å². The number of anilines is 1. The molecule has 2 aromatic heterocycles. The molecular weight excluding hydrogens is 363 g/mol. The lowest BCUT2D eigenvalue weighted by atomic mass is 10.3. The lowest BCUT2D eigenvalue weighted by molar-refractivity contribution is 0.0997. The normalized spacial score (nSPS) is 11.0. The number of hydrogen-bond donors (Lipinski definition) is 1. The lowest BCUT2D eigenvalue weighted by Gasteiger charge is -2.04. The van der Waals surface area contributed by atoms with Gasteiger partial charge in [0, 0.05) is 5.02 Å². The average molecular weight is 373 g/mol. The van der Waals surface area contributed by atoms with E-state index in [1.54, 1.807) is 6.07 Å². The van der Waals surface area contributed by atoms with Crippen LogP contribution in [0.2, 0.25) is 5.02 Å². The van der Waals surface area contributed by atoms with Crippen molar-refractivity contribution >= 4 is 44.7 Å². The SMILES string of the molecule is O=C(Nc1ccc(Cl)cc1F)c1ccc(-c2nc3ccccc3s2)o1. The van der Waals surface area contributed by atoms with E-state index in [1.165, 1.54) is 29.5 Å². The Hall–Kier alpha value is -2.70. The zero-order valence-corrected chi connectivity index (χ0v) is 14.2. The molecule has 7 heteroatoms. The molecule has 0 aliphatic heterocycles. The monoisotopic (exact) mass is 372 g/mol. The summed E-state index contributed by atoms with van der Waals surface area (Å²) in [6.45, 7) is 0. The molecule has 0 atom stereocenters. The van der Waals surface area contributed by atoms with Gasteiger partial charge in [-0.05, 0) is 42.5 Å². The first kappa shape index (κ1) is 15.8. The zero-order chi connectivity index (χ0) is 17.4. The third-order valence-corrected chi connectivity index (χ3v) is 4.80. The lowest BCUT2D eigenvalue weighted by Crippen LogP contribution is -2.11. The van der Waals surface area contributed by atoms with Crippen LogP contribution in [0.1, 0.15) is 10.6 Å². The second kappa shape index (κ2) is 6.31. The van der Waals surface area contributed by atoms with E-state index in [0.717, 1.165) is 16.3 Å². The van der Waals surface area contributed by atoms with Crippen LogP contribution in [0.15, 0.2) is 59.0 Å². The van der Waals surface area contributed by atoms with Gasteiger partial charge in [-0.25, -0.2) is 9.37 Å². The van der Waals surface area contributed by atoms with E-state index in [1.807, 2.05) is 24.3 Å². The number of nitrogens with zero attached hydrogens (tertiary/aromatic N) is 1. The third kappa shape index (κ3) is 3.14. The molecule has 0 bridgehead atoms. The van der Waals surface area contributed by atoms with Crippen molar-refractivity contribution in [2.24, 2.45) is 0 Å². The minimum Gasteiger partial charge on any atom is -0.448 e. The summed E-state index contributed by atoms with van der Waals surface area (Å²) in [6, 6.07) is 15.0. The van der Waals surface area contributed by atoms with Gasteiger partial charge in [-0.1, -0.05) is 23.7 Å². The fraction of sp³-hybridized carbons (Fsp3) is 0. The van der Waals surface area contributed by atoms with Crippen LogP contribution in [0, 0.1) is 5.82 Å². The summed E-state index contributed by atoms with van der Waals surface area (Å²) in [7, 11) is 0. The Kier molecular flexibility index (Phi) is 3.99. The number of thiazole rings is 1. The molecule has 2 heterocycles. The Balaban J connectivity index is 1.58. The highest BCUT2D eigenvalue weighted by atomic mass is 35.5. The van der Waals surface area contributed by atoms with Crippen molar-refractivity contribution in [1.29, 1.82) is 0 Å². The van der Waals surface area contributed by atoms with Crippen LogP contribution in [0.25, 0.3) is 21.0 Å². The first-order valence-corrected chi connectivity index (χ1v) is 8.52. The molecule has 0 aliphatic rings. The summed E-state index contributed by atoms with van der Waals surface area (Å²) < 4.78 is 20.4. The second-order valence-electron chi connectivity index (χ2n) is 5.23. The van der Waals surface area contributed by atoms with E-state index in [9.17, 15) is 9.18 Å². The number of rotatable bonds is 3. The number of carbonyl (C=O) groups is 1. The summed E-state index contributed by atoms with van der Waals surface area (Å²) in [5.74, 6) is -0.598. The van der Waals surface area contributed by atoms with E-state index in [2.05, 4.69) is 10.3 Å². The van der Waals surface area contributed by atoms with Gasteiger partial charge in [0.25, 0.3) is 5.91 Å². The van der Waals surface area contributed by atoms with Gasteiger partial charge < -0.3 is 9.73 Å². The molecule has 2 aromatic carbocycles. The van der Waals surface area contributed by atoms with E-state index >= 15 is 0 Å². The molecule has 4 nitrogen and oxygen atoms in total. The van der Waals surface area contributed by atoms with Crippen LogP contribution < -0.4 is 5.32 Å². The van der Waals surface area contributed by atoms with Crippen molar-refractivity contribution in [1.82, 2.24) is 4.98 Å². The van der Waals surface area contributed by atoms with Crippen molar-refractivity contribution in [3.8, 4) is 10.8 Å². The fourth-order valence-electron chi connectivity index (χ4n) is 2.33. The first-order valence-electron chi connectivity index (χ1n) is 7.32. The van der Waals surface area contributed by atoms with Gasteiger partial charge >= 0.3 is 0 Å². The minimum absolute atomic E-state index is 0.0346. The van der Waals surface area contributed by atoms with Gasteiger partial charge in [0.1, 0.15) is 5.82 Å². The van der Waals surface area contributed by atoms with E-state index in [0.29, 0.717) is 10.8 Å². The summed E-state index contributed by atoms with van der Waals surface area (Å²) in [5, 5.41) is 3.40. The molecule has 0 spiro atoms. The number of furan rings is 1. The Morgan fingerprint density at radius 1 is 1.16 bits per heavy atom. The Morgan fingerprint density at radius 2 is 2.00 bits per heavy atom. The number of carbonyl (C=O) groups excluding carboxylic acids is 1. The van der Waals surface area contributed by atoms with Crippen LogP contribution in [0.4, 0.5) is 10.1 Å². The number of benzene rings is 2. The molecule has 0 radical (unpaired) electrons.